The summed E-state index contributed by atoms with van der Waals surface area (Å²) in [6, 6.07) is 7.69. The molecule has 0 aliphatic heterocycles. The van der Waals surface area contributed by atoms with E-state index in [1.165, 1.54) is 7.11 Å². The van der Waals surface area contributed by atoms with Crippen LogP contribution in [0.25, 0.3) is 0 Å². The smallest absolute Gasteiger partial charge is 0.310 e. The molecular formula is C19H30N2O3. The van der Waals surface area contributed by atoms with Crippen molar-refractivity contribution < 1.29 is 14.3 Å². The van der Waals surface area contributed by atoms with E-state index in [9.17, 15) is 9.59 Å². The predicted molar refractivity (Wildman–Crippen MR) is 97.4 cm³/mol. The number of unbranched alkanes of at least 4 members (excludes halogenated alkanes) is 1. The summed E-state index contributed by atoms with van der Waals surface area (Å²) < 4.78 is 4.70. The number of esters is 1. The largest absolute Gasteiger partial charge is 0.469 e. The van der Waals surface area contributed by atoms with Crippen LogP contribution in [0.2, 0.25) is 0 Å². The molecule has 0 aliphatic rings. The first-order chi connectivity index (χ1) is 11.4. The van der Waals surface area contributed by atoms with Gasteiger partial charge in [-0.05, 0) is 37.6 Å². The number of anilines is 1. The minimum Gasteiger partial charge on any atom is -0.469 e. The molecule has 1 unspecified atom stereocenters. The Labute approximate surface area is 145 Å². The van der Waals surface area contributed by atoms with Gasteiger partial charge in [0.05, 0.1) is 13.0 Å². The van der Waals surface area contributed by atoms with Gasteiger partial charge in [-0.2, -0.15) is 0 Å². The van der Waals surface area contributed by atoms with Gasteiger partial charge in [-0.25, -0.2) is 0 Å². The molecule has 0 fully saturated rings. The summed E-state index contributed by atoms with van der Waals surface area (Å²) in [6.07, 6.45) is 2.32. The molecular weight excluding hydrogens is 304 g/mol. The van der Waals surface area contributed by atoms with Gasteiger partial charge in [0.2, 0.25) is 0 Å². The van der Waals surface area contributed by atoms with E-state index in [1.54, 1.807) is 18.9 Å². The third-order valence-corrected chi connectivity index (χ3v) is 4.14. The van der Waals surface area contributed by atoms with Crippen molar-refractivity contribution in [2.75, 3.05) is 38.7 Å². The average Bonchev–Trinajstić information content (AvgIpc) is 2.61. The van der Waals surface area contributed by atoms with Crippen LogP contribution in [0.3, 0.4) is 0 Å². The fourth-order valence-corrected chi connectivity index (χ4v) is 2.62. The highest BCUT2D eigenvalue weighted by Gasteiger charge is 2.19. The molecule has 5 heteroatoms. The van der Waals surface area contributed by atoms with Crippen molar-refractivity contribution in [2.45, 2.75) is 33.6 Å². The first-order valence-electron chi connectivity index (χ1n) is 8.62. The third kappa shape index (κ3) is 5.55. The standard InChI is InChI=1S/C19H30N2O3/c1-6-8-13-21(7-2)17-11-9-16(10-12-17)18(22)20(4)14-15(3)19(23)24-5/h9-12,15H,6-8,13-14H2,1-5H3. The van der Waals surface area contributed by atoms with Crippen LogP contribution < -0.4 is 4.90 Å². The van der Waals surface area contributed by atoms with E-state index in [0.29, 0.717) is 12.1 Å². The van der Waals surface area contributed by atoms with Crippen LogP contribution in [0.1, 0.15) is 44.0 Å². The lowest BCUT2D eigenvalue weighted by Gasteiger charge is -2.24. The van der Waals surface area contributed by atoms with Crippen LogP contribution in [-0.2, 0) is 9.53 Å². The molecule has 0 heterocycles. The van der Waals surface area contributed by atoms with Crippen molar-refractivity contribution in [3.05, 3.63) is 29.8 Å². The normalized spacial score (nSPS) is 11.7. The quantitative estimate of drug-likeness (QED) is 0.651. The summed E-state index contributed by atoms with van der Waals surface area (Å²) in [4.78, 5) is 27.8. The van der Waals surface area contributed by atoms with Gasteiger partial charge in [0.1, 0.15) is 0 Å². The minimum atomic E-state index is -0.340. The van der Waals surface area contributed by atoms with Gasteiger partial charge in [-0.15, -0.1) is 0 Å². The molecule has 0 radical (unpaired) electrons. The second-order valence-electron chi connectivity index (χ2n) is 6.09. The van der Waals surface area contributed by atoms with Gasteiger partial charge in [0.25, 0.3) is 5.91 Å². The summed E-state index contributed by atoms with van der Waals surface area (Å²) in [5.74, 6) is -0.735. The molecule has 0 aromatic heterocycles. The third-order valence-electron chi connectivity index (χ3n) is 4.14. The van der Waals surface area contributed by atoms with E-state index in [0.717, 1.165) is 31.6 Å². The molecule has 1 amide bonds. The fraction of sp³-hybridized carbons (Fsp3) is 0.579. The second kappa shape index (κ2) is 9.96. The fourth-order valence-electron chi connectivity index (χ4n) is 2.62. The Hall–Kier alpha value is -2.04. The van der Waals surface area contributed by atoms with Gasteiger partial charge in [0.15, 0.2) is 0 Å². The molecule has 1 aromatic carbocycles. The molecule has 0 bridgehead atoms. The van der Waals surface area contributed by atoms with E-state index >= 15 is 0 Å². The SMILES string of the molecule is CCCCN(CC)c1ccc(C(=O)N(C)CC(C)C(=O)OC)cc1. The summed E-state index contributed by atoms with van der Waals surface area (Å²) in [5, 5.41) is 0. The molecule has 5 nitrogen and oxygen atoms in total. The molecule has 0 aliphatic carbocycles. The number of amides is 1. The maximum atomic E-state index is 12.5. The number of nitrogens with zero attached hydrogens (tertiary/aromatic N) is 2. The van der Waals surface area contributed by atoms with Crippen LogP contribution in [0.5, 0.6) is 0 Å². The van der Waals surface area contributed by atoms with E-state index in [2.05, 4.69) is 18.7 Å². The maximum Gasteiger partial charge on any atom is 0.310 e. The molecule has 134 valence electrons. The number of rotatable bonds is 9. The van der Waals surface area contributed by atoms with E-state index in [1.807, 2.05) is 24.3 Å². The highest BCUT2D eigenvalue weighted by atomic mass is 16.5. The molecule has 0 saturated heterocycles. The van der Waals surface area contributed by atoms with Crippen molar-refractivity contribution in [3.8, 4) is 0 Å². The van der Waals surface area contributed by atoms with Crippen molar-refractivity contribution in [2.24, 2.45) is 5.92 Å². The lowest BCUT2D eigenvalue weighted by atomic mass is 10.1. The Morgan fingerprint density at radius 2 is 1.79 bits per heavy atom. The van der Waals surface area contributed by atoms with E-state index in [-0.39, 0.29) is 17.8 Å². The lowest BCUT2D eigenvalue weighted by Crippen LogP contribution is -2.34. The van der Waals surface area contributed by atoms with Crippen LogP contribution in [0.15, 0.2) is 24.3 Å². The summed E-state index contributed by atoms with van der Waals surface area (Å²) in [7, 11) is 3.06. The van der Waals surface area contributed by atoms with Crippen LogP contribution in [0, 0.1) is 5.92 Å². The summed E-state index contributed by atoms with van der Waals surface area (Å²) in [6.45, 7) is 8.38. The number of benzene rings is 1. The number of hydrogen-bond acceptors (Lipinski definition) is 4. The van der Waals surface area contributed by atoms with Crippen LogP contribution in [-0.4, -0.2) is 50.6 Å². The number of methoxy groups -OCH3 is 1. The second-order valence-corrected chi connectivity index (χ2v) is 6.09. The maximum absolute atomic E-state index is 12.5. The monoisotopic (exact) mass is 334 g/mol. The van der Waals surface area contributed by atoms with E-state index in [4.69, 9.17) is 4.74 Å². The van der Waals surface area contributed by atoms with E-state index < -0.39 is 0 Å². The number of carbonyl (C=O) groups excluding carboxylic acids is 2. The Morgan fingerprint density at radius 1 is 1.17 bits per heavy atom. The van der Waals surface area contributed by atoms with Crippen molar-refractivity contribution in [1.82, 2.24) is 4.90 Å². The molecule has 1 aromatic rings. The predicted octanol–water partition coefficient (Wildman–Crippen LogP) is 3.19. The molecule has 0 saturated carbocycles. The van der Waals surface area contributed by atoms with Gasteiger partial charge in [-0.3, -0.25) is 9.59 Å². The summed E-state index contributed by atoms with van der Waals surface area (Å²) in [5.41, 5.74) is 1.76. The Balaban J connectivity index is 2.73. The summed E-state index contributed by atoms with van der Waals surface area (Å²) >= 11 is 0. The molecule has 1 rings (SSSR count). The first kappa shape index (κ1) is 20.0. The highest BCUT2D eigenvalue weighted by Crippen LogP contribution is 2.17. The first-order valence-corrected chi connectivity index (χ1v) is 8.62. The molecule has 0 N–H and O–H groups in total. The average molecular weight is 334 g/mol. The number of ether oxygens (including phenoxy) is 1. The molecule has 24 heavy (non-hydrogen) atoms. The van der Waals surface area contributed by atoms with Crippen molar-refractivity contribution >= 4 is 17.6 Å². The van der Waals surface area contributed by atoms with Crippen molar-refractivity contribution in [1.29, 1.82) is 0 Å². The molecule has 0 spiro atoms. The van der Waals surface area contributed by atoms with Gasteiger partial charge in [-0.1, -0.05) is 20.3 Å². The topological polar surface area (TPSA) is 49.9 Å². The van der Waals surface area contributed by atoms with Gasteiger partial charge in [0, 0.05) is 37.9 Å². The number of hydrogen-bond donors (Lipinski definition) is 0. The zero-order valence-corrected chi connectivity index (χ0v) is 15.5. The zero-order chi connectivity index (χ0) is 18.1. The lowest BCUT2D eigenvalue weighted by molar-refractivity contribution is -0.145. The highest BCUT2D eigenvalue weighted by molar-refractivity contribution is 5.94. The number of carbonyl (C=O) groups is 2. The molecule has 1 atom stereocenters. The van der Waals surface area contributed by atoms with Crippen molar-refractivity contribution in [3.63, 3.8) is 0 Å². The van der Waals surface area contributed by atoms with Crippen LogP contribution >= 0.6 is 0 Å². The zero-order valence-electron chi connectivity index (χ0n) is 15.5. The van der Waals surface area contributed by atoms with Gasteiger partial charge >= 0.3 is 5.97 Å². The Kier molecular flexibility index (Phi) is 8.30. The van der Waals surface area contributed by atoms with Gasteiger partial charge < -0.3 is 14.5 Å². The minimum absolute atomic E-state index is 0.0890. The Bertz CT molecular complexity index is 528. The Morgan fingerprint density at radius 3 is 2.29 bits per heavy atom. The van der Waals surface area contributed by atoms with Crippen LogP contribution in [0.4, 0.5) is 5.69 Å².